The first-order valence-corrected chi connectivity index (χ1v) is 11.8. The summed E-state index contributed by atoms with van der Waals surface area (Å²) in [5.74, 6) is 0.956. The highest BCUT2D eigenvalue weighted by Gasteiger charge is 2.40. The number of thioether (sulfide) groups is 1. The molecule has 4 heteroatoms. The minimum atomic E-state index is -0.228. The number of hydrogen-bond acceptors (Lipinski definition) is 4. The molecule has 0 fully saturated rings. The standard InChI is InChI=1S/C27H22N2OS/c1-31-22-14-12-19(13-15-22)27-29-25(23-8-4-5-9-26(23)30-27)17-24(28-29)21-11-10-18-6-2-3-7-20(18)16-21/h2-16,25,27H,17H2,1H3/t25-,27-/m1/s1. The first-order valence-electron chi connectivity index (χ1n) is 10.5. The quantitative estimate of drug-likeness (QED) is 0.339. The van der Waals surface area contributed by atoms with Gasteiger partial charge in [-0.15, -0.1) is 11.8 Å². The molecule has 2 atom stereocenters. The summed E-state index contributed by atoms with van der Waals surface area (Å²) >= 11 is 1.75. The maximum Gasteiger partial charge on any atom is 0.213 e. The Morgan fingerprint density at radius 1 is 0.871 bits per heavy atom. The van der Waals surface area contributed by atoms with Gasteiger partial charge in [0.15, 0.2) is 0 Å². The molecule has 2 aliphatic heterocycles. The van der Waals surface area contributed by atoms with Gasteiger partial charge in [0.1, 0.15) is 5.75 Å². The zero-order chi connectivity index (χ0) is 20.8. The number of hydrazone groups is 1. The maximum atomic E-state index is 6.47. The lowest BCUT2D eigenvalue weighted by Crippen LogP contribution is -2.33. The summed E-state index contributed by atoms with van der Waals surface area (Å²) in [5, 5.41) is 9.76. The van der Waals surface area contributed by atoms with Crippen LogP contribution in [0.1, 0.15) is 35.4 Å². The predicted molar refractivity (Wildman–Crippen MR) is 128 cm³/mol. The van der Waals surface area contributed by atoms with Crippen LogP contribution < -0.4 is 4.74 Å². The Balaban J connectivity index is 1.43. The topological polar surface area (TPSA) is 24.8 Å². The van der Waals surface area contributed by atoms with Crippen LogP contribution in [0.4, 0.5) is 0 Å². The van der Waals surface area contributed by atoms with Gasteiger partial charge in [0.05, 0.1) is 11.8 Å². The average Bonchev–Trinajstić information content (AvgIpc) is 3.29. The lowest BCUT2D eigenvalue weighted by atomic mass is 9.95. The van der Waals surface area contributed by atoms with E-state index in [1.165, 1.54) is 26.8 Å². The number of nitrogens with zero attached hydrogens (tertiary/aromatic N) is 2. The molecule has 0 aromatic heterocycles. The zero-order valence-corrected chi connectivity index (χ0v) is 18.0. The van der Waals surface area contributed by atoms with E-state index in [0.717, 1.165) is 23.4 Å². The predicted octanol–water partition coefficient (Wildman–Crippen LogP) is 6.80. The van der Waals surface area contributed by atoms with Crippen LogP contribution in [0.5, 0.6) is 5.75 Å². The van der Waals surface area contributed by atoms with Gasteiger partial charge in [0.25, 0.3) is 0 Å². The molecular weight excluding hydrogens is 400 g/mol. The Morgan fingerprint density at radius 3 is 2.48 bits per heavy atom. The summed E-state index contributed by atoms with van der Waals surface area (Å²) in [6.45, 7) is 0. The molecule has 0 saturated carbocycles. The van der Waals surface area contributed by atoms with E-state index in [1.54, 1.807) is 11.8 Å². The number of hydrogen-bond donors (Lipinski definition) is 0. The van der Waals surface area contributed by atoms with Crippen molar-refractivity contribution in [3.63, 3.8) is 0 Å². The third kappa shape index (κ3) is 3.19. The monoisotopic (exact) mass is 422 g/mol. The van der Waals surface area contributed by atoms with Gasteiger partial charge in [-0.25, -0.2) is 5.01 Å². The summed E-state index contributed by atoms with van der Waals surface area (Å²) in [5.41, 5.74) is 4.63. The van der Waals surface area contributed by atoms with Gasteiger partial charge >= 0.3 is 0 Å². The second-order valence-electron chi connectivity index (χ2n) is 7.99. The van der Waals surface area contributed by atoms with Crippen molar-refractivity contribution in [2.45, 2.75) is 23.6 Å². The molecule has 0 N–H and O–H groups in total. The summed E-state index contributed by atoms with van der Waals surface area (Å²) in [6.07, 6.45) is 2.74. The lowest BCUT2D eigenvalue weighted by Gasteiger charge is -2.38. The fraction of sp³-hybridized carbons (Fsp3) is 0.148. The van der Waals surface area contributed by atoms with E-state index in [2.05, 4.69) is 96.2 Å². The van der Waals surface area contributed by atoms with Gasteiger partial charge in [0.2, 0.25) is 6.23 Å². The van der Waals surface area contributed by atoms with E-state index in [-0.39, 0.29) is 12.3 Å². The summed E-state index contributed by atoms with van der Waals surface area (Å²) in [6, 6.07) is 32.3. The molecule has 31 heavy (non-hydrogen) atoms. The summed E-state index contributed by atoms with van der Waals surface area (Å²) in [7, 11) is 0. The minimum absolute atomic E-state index is 0.177. The second-order valence-corrected chi connectivity index (χ2v) is 8.87. The summed E-state index contributed by atoms with van der Waals surface area (Å²) < 4.78 is 6.47. The molecule has 0 radical (unpaired) electrons. The molecule has 0 saturated heterocycles. The highest BCUT2D eigenvalue weighted by atomic mass is 32.2. The Bertz CT molecular complexity index is 1300. The normalized spacial score (nSPS) is 19.5. The third-order valence-corrected chi connectivity index (χ3v) is 6.93. The Hall–Kier alpha value is -3.24. The van der Waals surface area contributed by atoms with Crippen molar-refractivity contribution in [1.29, 1.82) is 0 Å². The molecule has 4 aromatic carbocycles. The van der Waals surface area contributed by atoms with E-state index in [9.17, 15) is 0 Å². The largest absolute Gasteiger partial charge is 0.464 e. The first kappa shape index (κ1) is 18.5. The van der Waals surface area contributed by atoms with Crippen LogP contribution in [0.25, 0.3) is 10.8 Å². The van der Waals surface area contributed by atoms with Crippen molar-refractivity contribution in [2.24, 2.45) is 5.10 Å². The van der Waals surface area contributed by atoms with Crippen molar-refractivity contribution in [1.82, 2.24) is 5.01 Å². The molecule has 6 rings (SSSR count). The zero-order valence-electron chi connectivity index (χ0n) is 17.2. The van der Waals surface area contributed by atoms with Crippen molar-refractivity contribution in [2.75, 3.05) is 6.26 Å². The lowest BCUT2D eigenvalue weighted by molar-refractivity contribution is -0.0190. The molecule has 0 aliphatic carbocycles. The molecule has 0 unspecified atom stereocenters. The highest BCUT2D eigenvalue weighted by molar-refractivity contribution is 7.98. The molecule has 2 aliphatic rings. The molecule has 3 nitrogen and oxygen atoms in total. The van der Waals surface area contributed by atoms with Crippen LogP contribution in [-0.2, 0) is 0 Å². The molecule has 152 valence electrons. The average molecular weight is 423 g/mol. The fourth-order valence-corrected chi connectivity index (χ4v) is 4.97. The summed E-state index contributed by atoms with van der Waals surface area (Å²) in [4.78, 5) is 1.25. The minimum Gasteiger partial charge on any atom is -0.464 e. The van der Waals surface area contributed by atoms with Gasteiger partial charge in [-0.05, 0) is 46.9 Å². The fourth-order valence-electron chi connectivity index (χ4n) is 4.57. The second kappa shape index (κ2) is 7.47. The first-order chi connectivity index (χ1) is 15.3. The van der Waals surface area contributed by atoms with Crippen molar-refractivity contribution < 1.29 is 4.74 Å². The Morgan fingerprint density at radius 2 is 1.65 bits per heavy atom. The Labute approximate surface area is 186 Å². The number of benzene rings is 4. The van der Waals surface area contributed by atoms with E-state index in [1.807, 2.05) is 6.07 Å². The molecule has 0 spiro atoms. The van der Waals surface area contributed by atoms with E-state index < -0.39 is 0 Å². The van der Waals surface area contributed by atoms with Crippen LogP contribution >= 0.6 is 11.8 Å². The van der Waals surface area contributed by atoms with Crippen LogP contribution in [0.2, 0.25) is 0 Å². The number of ether oxygens (including phenoxy) is 1. The number of para-hydroxylation sites is 1. The van der Waals surface area contributed by atoms with Crippen LogP contribution in [-0.4, -0.2) is 17.0 Å². The smallest absolute Gasteiger partial charge is 0.213 e. The highest BCUT2D eigenvalue weighted by Crippen LogP contribution is 2.47. The SMILES string of the molecule is CSc1ccc([C@H]2Oc3ccccc3[C@H]3CC(c4ccc5ccccc5c4)=NN32)cc1. The van der Waals surface area contributed by atoms with E-state index in [0.29, 0.717) is 0 Å². The molecular formula is C27H22N2OS. The van der Waals surface area contributed by atoms with Crippen LogP contribution in [0.3, 0.4) is 0 Å². The molecule has 0 amide bonds. The van der Waals surface area contributed by atoms with Crippen molar-refractivity contribution in [3.8, 4) is 5.75 Å². The van der Waals surface area contributed by atoms with Crippen LogP contribution in [0, 0.1) is 0 Å². The Kier molecular flexibility index (Phi) is 4.46. The number of rotatable bonds is 3. The molecule has 4 aromatic rings. The van der Waals surface area contributed by atoms with Gasteiger partial charge < -0.3 is 4.74 Å². The van der Waals surface area contributed by atoms with Gasteiger partial charge in [-0.3, -0.25) is 0 Å². The molecule has 0 bridgehead atoms. The van der Waals surface area contributed by atoms with Crippen LogP contribution in [0.15, 0.2) is 101 Å². The third-order valence-electron chi connectivity index (χ3n) is 6.18. The van der Waals surface area contributed by atoms with E-state index >= 15 is 0 Å². The van der Waals surface area contributed by atoms with Gasteiger partial charge in [-0.1, -0.05) is 66.7 Å². The maximum absolute atomic E-state index is 6.47. The molecule has 2 heterocycles. The van der Waals surface area contributed by atoms with Gasteiger partial charge in [-0.2, -0.15) is 5.10 Å². The number of fused-ring (bicyclic) bond motifs is 4. The van der Waals surface area contributed by atoms with Crippen molar-refractivity contribution >= 4 is 28.2 Å². The van der Waals surface area contributed by atoms with E-state index in [4.69, 9.17) is 9.84 Å². The van der Waals surface area contributed by atoms with Gasteiger partial charge in [0, 0.05) is 22.4 Å². The van der Waals surface area contributed by atoms with Crippen molar-refractivity contribution in [3.05, 3.63) is 108 Å².